The van der Waals surface area contributed by atoms with Crippen molar-refractivity contribution in [1.29, 1.82) is 0 Å². The summed E-state index contributed by atoms with van der Waals surface area (Å²) in [5, 5.41) is -1.20. The molecule has 0 saturated carbocycles. The van der Waals surface area contributed by atoms with Crippen LogP contribution in [0.15, 0.2) is 18.2 Å². The van der Waals surface area contributed by atoms with Gasteiger partial charge < -0.3 is 0 Å². The highest BCUT2D eigenvalue weighted by molar-refractivity contribution is 7.92. The minimum atomic E-state index is -4.68. The summed E-state index contributed by atoms with van der Waals surface area (Å²) in [6.07, 6.45) is -2.69. The van der Waals surface area contributed by atoms with Gasteiger partial charge in [0.1, 0.15) is 5.82 Å². The number of fused-ring (bicyclic) bond motifs is 2. The van der Waals surface area contributed by atoms with E-state index in [1.807, 2.05) is 0 Å². The fraction of sp³-hybridized carbons (Fsp3) is 0.562. The summed E-state index contributed by atoms with van der Waals surface area (Å²) >= 11 is 0. The van der Waals surface area contributed by atoms with E-state index in [-0.39, 0.29) is 12.8 Å². The van der Waals surface area contributed by atoms with Gasteiger partial charge in [0, 0.05) is 5.92 Å². The Morgan fingerprint density at radius 1 is 1.08 bits per heavy atom. The number of benzene rings is 1. The van der Waals surface area contributed by atoms with E-state index in [2.05, 4.69) is 0 Å². The molecule has 0 N–H and O–H groups in total. The molecular formula is C16H16F4O3S. The van der Waals surface area contributed by atoms with Gasteiger partial charge in [-0.05, 0) is 43.9 Å². The number of Topliss-reactive ketones (excluding diaryl/α,β-unsaturated/α-hetero) is 1. The van der Waals surface area contributed by atoms with Gasteiger partial charge in [-0.1, -0.05) is 6.42 Å². The van der Waals surface area contributed by atoms with Crippen molar-refractivity contribution < 1.29 is 30.8 Å². The van der Waals surface area contributed by atoms with Crippen LogP contribution >= 0.6 is 0 Å². The Bertz CT molecular complexity index is 750. The third kappa shape index (κ3) is 2.96. The maximum Gasteiger partial charge on any atom is 0.416 e. The first-order valence-corrected chi connectivity index (χ1v) is 9.35. The number of ketones is 1. The molecule has 0 aliphatic carbocycles. The Morgan fingerprint density at radius 2 is 1.67 bits per heavy atom. The van der Waals surface area contributed by atoms with Crippen molar-refractivity contribution in [3.8, 4) is 0 Å². The molecule has 0 aromatic heterocycles. The first-order chi connectivity index (χ1) is 11.1. The SMILES string of the molecule is O=C(c1ccc(C(F)(F)F)cc1F)C1CC2CCCC(C1)S2(=O)=O. The van der Waals surface area contributed by atoms with Gasteiger partial charge in [0.05, 0.1) is 21.6 Å². The van der Waals surface area contributed by atoms with Crippen LogP contribution in [0.25, 0.3) is 0 Å². The molecule has 2 aliphatic heterocycles. The summed E-state index contributed by atoms with van der Waals surface area (Å²) in [4.78, 5) is 12.5. The predicted octanol–water partition coefficient (Wildman–Crippen LogP) is 3.77. The third-order valence-corrected chi connectivity index (χ3v) is 7.72. The summed E-state index contributed by atoms with van der Waals surface area (Å²) in [5.41, 5.74) is -1.55. The van der Waals surface area contributed by atoms with Crippen molar-refractivity contribution in [3.05, 3.63) is 35.1 Å². The molecule has 132 valence electrons. The van der Waals surface area contributed by atoms with Crippen LogP contribution in [0, 0.1) is 11.7 Å². The summed E-state index contributed by atoms with van der Waals surface area (Å²) in [7, 11) is -3.25. The molecule has 2 unspecified atom stereocenters. The average molecular weight is 364 g/mol. The maximum atomic E-state index is 14.0. The Hall–Kier alpha value is -1.44. The van der Waals surface area contributed by atoms with E-state index in [9.17, 15) is 30.8 Å². The molecule has 2 fully saturated rings. The minimum absolute atomic E-state index is 0.123. The minimum Gasteiger partial charge on any atom is -0.294 e. The summed E-state index contributed by atoms with van der Waals surface area (Å²) in [5.74, 6) is -2.48. The zero-order valence-corrected chi connectivity index (χ0v) is 13.5. The van der Waals surface area contributed by atoms with Gasteiger partial charge in [-0.25, -0.2) is 12.8 Å². The van der Waals surface area contributed by atoms with E-state index in [4.69, 9.17) is 0 Å². The van der Waals surface area contributed by atoms with E-state index < -0.39 is 55.2 Å². The van der Waals surface area contributed by atoms with Crippen LogP contribution in [0.1, 0.15) is 48.0 Å². The summed E-state index contributed by atoms with van der Waals surface area (Å²) < 4.78 is 76.1. The third-order valence-electron chi connectivity index (χ3n) is 5.01. The largest absolute Gasteiger partial charge is 0.416 e. The molecule has 2 saturated heterocycles. The van der Waals surface area contributed by atoms with Crippen LogP contribution in [-0.4, -0.2) is 24.7 Å². The van der Waals surface area contributed by atoms with E-state index in [0.29, 0.717) is 25.0 Å². The molecule has 1 aromatic carbocycles. The van der Waals surface area contributed by atoms with Crippen LogP contribution < -0.4 is 0 Å². The van der Waals surface area contributed by atoms with Crippen LogP contribution in [0.3, 0.4) is 0 Å². The zero-order valence-electron chi connectivity index (χ0n) is 12.6. The van der Waals surface area contributed by atoms with Crippen molar-refractivity contribution in [2.24, 2.45) is 5.92 Å². The highest BCUT2D eigenvalue weighted by Crippen LogP contribution is 2.41. The topological polar surface area (TPSA) is 51.2 Å². The highest BCUT2D eigenvalue weighted by Gasteiger charge is 2.46. The lowest BCUT2D eigenvalue weighted by Gasteiger charge is -2.38. The van der Waals surface area contributed by atoms with Crippen LogP contribution in [0.4, 0.5) is 17.6 Å². The number of rotatable bonds is 2. The van der Waals surface area contributed by atoms with E-state index in [0.717, 1.165) is 12.5 Å². The lowest BCUT2D eigenvalue weighted by Crippen LogP contribution is -2.45. The second kappa shape index (κ2) is 5.82. The monoisotopic (exact) mass is 364 g/mol. The molecule has 0 radical (unpaired) electrons. The summed E-state index contributed by atoms with van der Waals surface area (Å²) in [6.45, 7) is 0. The van der Waals surface area contributed by atoms with Crippen molar-refractivity contribution >= 4 is 15.6 Å². The Morgan fingerprint density at radius 3 is 2.17 bits per heavy atom. The van der Waals surface area contributed by atoms with Crippen molar-refractivity contribution in [1.82, 2.24) is 0 Å². The first kappa shape index (κ1) is 17.4. The highest BCUT2D eigenvalue weighted by atomic mass is 32.2. The molecule has 24 heavy (non-hydrogen) atoms. The van der Waals surface area contributed by atoms with Crippen LogP contribution in [-0.2, 0) is 16.0 Å². The van der Waals surface area contributed by atoms with Crippen molar-refractivity contribution in [2.75, 3.05) is 0 Å². The number of halogens is 4. The Kier molecular flexibility index (Phi) is 4.22. The second-order valence-electron chi connectivity index (χ2n) is 6.49. The van der Waals surface area contributed by atoms with E-state index in [1.165, 1.54) is 0 Å². The predicted molar refractivity (Wildman–Crippen MR) is 78.8 cm³/mol. The number of hydrogen-bond acceptors (Lipinski definition) is 3. The fourth-order valence-electron chi connectivity index (χ4n) is 3.73. The van der Waals surface area contributed by atoms with Gasteiger partial charge in [-0.15, -0.1) is 0 Å². The number of hydrogen-bond donors (Lipinski definition) is 0. The molecule has 2 aliphatic rings. The van der Waals surface area contributed by atoms with E-state index >= 15 is 0 Å². The normalized spacial score (nSPS) is 29.2. The number of alkyl halides is 3. The standard InChI is InChI=1S/C16H16F4O3S/c17-14-8-10(16(18,19)20)4-5-13(14)15(21)9-6-11-2-1-3-12(7-9)24(11,22)23/h4-5,8-9,11-12H,1-3,6-7H2. The van der Waals surface area contributed by atoms with Crippen molar-refractivity contribution in [3.63, 3.8) is 0 Å². The fourth-order valence-corrected chi connectivity index (χ4v) is 6.27. The lowest BCUT2D eigenvalue weighted by atomic mass is 9.84. The second-order valence-corrected chi connectivity index (χ2v) is 9.00. The Labute approximate surface area is 137 Å². The van der Waals surface area contributed by atoms with Crippen LogP contribution in [0.5, 0.6) is 0 Å². The summed E-state index contributed by atoms with van der Waals surface area (Å²) in [6, 6.07) is 1.84. The molecular weight excluding hydrogens is 348 g/mol. The van der Waals surface area contributed by atoms with Gasteiger partial charge in [-0.2, -0.15) is 13.2 Å². The van der Waals surface area contributed by atoms with Crippen molar-refractivity contribution in [2.45, 2.75) is 48.8 Å². The molecule has 2 bridgehead atoms. The quantitative estimate of drug-likeness (QED) is 0.593. The van der Waals surface area contributed by atoms with Gasteiger partial charge in [0.2, 0.25) is 0 Å². The van der Waals surface area contributed by atoms with Gasteiger partial charge >= 0.3 is 6.18 Å². The van der Waals surface area contributed by atoms with Gasteiger partial charge in [0.25, 0.3) is 0 Å². The average Bonchev–Trinajstić information content (AvgIpc) is 2.44. The molecule has 2 atom stereocenters. The molecule has 0 amide bonds. The van der Waals surface area contributed by atoms with Crippen LogP contribution in [0.2, 0.25) is 0 Å². The number of carbonyl (C=O) groups is 1. The van der Waals surface area contributed by atoms with E-state index in [1.54, 1.807) is 0 Å². The Balaban J connectivity index is 1.85. The number of sulfone groups is 1. The number of carbonyl (C=O) groups excluding carboxylic acids is 1. The molecule has 3 nitrogen and oxygen atoms in total. The molecule has 3 rings (SSSR count). The van der Waals surface area contributed by atoms with Gasteiger partial charge in [-0.3, -0.25) is 4.79 Å². The molecule has 8 heteroatoms. The zero-order chi connectivity index (χ0) is 17.7. The lowest BCUT2D eigenvalue weighted by molar-refractivity contribution is -0.137. The molecule has 2 heterocycles. The molecule has 1 aromatic rings. The molecule has 0 spiro atoms. The smallest absolute Gasteiger partial charge is 0.294 e. The maximum absolute atomic E-state index is 14.0. The first-order valence-electron chi connectivity index (χ1n) is 7.74. The van der Waals surface area contributed by atoms with Gasteiger partial charge in [0.15, 0.2) is 15.6 Å².